The molecule has 0 radical (unpaired) electrons. The van der Waals surface area contributed by atoms with Gasteiger partial charge in [-0.1, -0.05) is 36.4 Å². The summed E-state index contributed by atoms with van der Waals surface area (Å²) in [5, 5.41) is 5.61. The minimum absolute atomic E-state index is 0.0129. The van der Waals surface area contributed by atoms with Crippen molar-refractivity contribution in [3.63, 3.8) is 0 Å². The fourth-order valence-corrected chi connectivity index (χ4v) is 4.06. The maximum atomic E-state index is 12.8. The van der Waals surface area contributed by atoms with E-state index in [-0.39, 0.29) is 17.9 Å². The zero-order valence-electron chi connectivity index (χ0n) is 16.7. The first-order valence-electron chi connectivity index (χ1n) is 10.2. The van der Waals surface area contributed by atoms with Crippen LogP contribution < -0.4 is 10.2 Å². The molecular formula is C25H26N2O2. The van der Waals surface area contributed by atoms with Gasteiger partial charge in [-0.15, -0.1) is 0 Å². The molecule has 1 aliphatic rings. The Morgan fingerprint density at radius 3 is 2.38 bits per heavy atom. The summed E-state index contributed by atoms with van der Waals surface area (Å²) < 4.78 is 0. The molecule has 1 atom stereocenters. The average molecular weight is 386 g/mol. The van der Waals surface area contributed by atoms with Crippen LogP contribution in [-0.4, -0.2) is 25.3 Å². The molecule has 29 heavy (non-hydrogen) atoms. The second kappa shape index (κ2) is 8.48. The van der Waals surface area contributed by atoms with Gasteiger partial charge >= 0.3 is 0 Å². The first kappa shape index (κ1) is 19.2. The van der Waals surface area contributed by atoms with E-state index in [4.69, 9.17) is 0 Å². The Labute approximate surface area is 171 Å². The Morgan fingerprint density at radius 1 is 1.00 bits per heavy atom. The quantitative estimate of drug-likeness (QED) is 0.644. The molecule has 1 heterocycles. The maximum absolute atomic E-state index is 12.8. The fraction of sp³-hybridized carbons (Fsp3) is 0.280. The van der Waals surface area contributed by atoms with Crippen molar-refractivity contribution in [2.24, 2.45) is 5.92 Å². The highest BCUT2D eigenvalue weighted by Crippen LogP contribution is 2.25. The number of nitrogens with one attached hydrogen (secondary N) is 1. The molecule has 1 aliphatic heterocycles. The van der Waals surface area contributed by atoms with Gasteiger partial charge in [0.1, 0.15) is 6.29 Å². The number of rotatable bonds is 5. The van der Waals surface area contributed by atoms with Gasteiger partial charge in [-0.2, -0.15) is 0 Å². The van der Waals surface area contributed by atoms with Crippen LogP contribution in [-0.2, 0) is 4.79 Å². The molecule has 1 fully saturated rings. The Kier molecular flexibility index (Phi) is 5.61. The number of fused-ring (bicyclic) bond motifs is 1. The molecule has 1 N–H and O–H groups in total. The van der Waals surface area contributed by atoms with Crippen LogP contribution in [0.15, 0.2) is 66.7 Å². The molecule has 1 saturated heterocycles. The summed E-state index contributed by atoms with van der Waals surface area (Å²) in [6.07, 6.45) is 2.54. The Balaban J connectivity index is 1.34. The monoisotopic (exact) mass is 386 g/mol. The van der Waals surface area contributed by atoms with Gasteiger partial charge in [-0.3, -0.25) is 9.59 Å². The number of benzene rings is 3. The molecule has 3 aromatic rings. The summed E-state index contributed by atoms with van der Waals surface area (Å²) in [5.74, 6) is 0.185. The van der Waals surface area contributed by atoms with Crippen molar-refractivity contribution in [1.29, 1.82) is 0 Å². The lowest BCUT2D eigenvalue weighted by molar-refractivity contribution is -0.126. The highest BCUT2D eigenvalue weighted by molar-refractivity contribution is 5.84. The largest absolute Gasteiger partial charge is 0.371 e. The number of amides is 1. The number of anilines is 1. The van der Waals surface area contributed by atoms with E-state index in [9.17, 15) is 9.59 Å². The highest BCUT2D eigenvalue weighted by atomic mass is 16.2. The predicted octanol–water partition coefficient (Wildman–Crippen LogP) is 4.75. The number of aldehydes is 1. The Bertz CT molecular complexity index is 1000. The standard InChI is InChI=1S/C25H26N2O2/c1-18(22-9-8-20-4-2-3-5-23(20)16-22)26-25(29)21-12-14-27(15-13-21)24-10-6-19(17-28)7-11-24/h2-11,16-18,21H,12-15H2,1H3,(H,26,29)/t18-/m1/s1. The van der Waals surface area contributed by atoms with Crippen molar-refractivity contribution < 1.29 is 9.59 Å². The summed E-state index contributed by atoms with van der Waals surface area (Å²) in [7, 11) is 0. The number of piperidine rings is 1. The third-order valence-electron chi connectivity index (χ3n) is 5.89. The number of hydrogen-bond acceptors (Lipinski definition) is 3. The molecule has 3 aromatic carbocycles. The van der Waals surface area contributed by atoms with Crippen molar-refractivity contribution in [3.05, 3.63) is 77.9 Å². The SMILES string of the molecule is C[C@@H](NC(=O)C1CCN(c2ccc(C=O)cc2)CC1)c1ccc2ccccc2c1. The highest BCUT2D eigenvalue weighted by Gasteiger charge is 2.26. The molecule has 0 aromatic heterocycles. The third-order valence-corrected chi connectivity index (χ3v) is 5.89. The topological polar surface area (TPSA) is 49.4 Å². The lowest BCUT2D eigenvalue weighted by Crippen LogP contribution is -2.41. The van der Waals surface area contributed by atoms with Crippen LogP contribution in [0.5, 0.6) is 0 Å². The van der Waals surface area contributed by atoms with Crippen LogP contribution >= 0.6 is 0 Å². The van der Waals surface area contributed by atoms with Crippen LogP contribution in [0.2, 0.25) is 0 Å². The van der Waals surface area contributed by atoms with Gasteiger partial charge < -0.3 is 10.2 Å². The Hall–Kier alpha value is -3.14. The predicted molar refractivity (Wildman–Crippen MR) is 117 cm³/mol. The van der Waals surface area contributed by atoms with Crippen LogP contribution in [0.25, 0.3) is 10.8 Å². The molecule has 0 spiro atoms. The smallest absolute Gasteiger partial charge is 0.223 e. The van der Waals surface area contributed by atoms with Crippen LogP contribution in [0.1, 0.15) is 41.7 Å². The van der Waals surface area contributed by atoms with Crippen LogP contribution in [0.3, 0.4) is 0 Å². The first-order chi connectivity index (χ1) is 14.1. The minimum Gasteiger partial charge on any atom is -0.371 e. The molecule has 148 valence electrons. The van der Waals surface area contributed by atoms with Crippen LogP contribution in [0, 0.1) is 5.92 Å². The second-order valence-corrected chi connectivity index (χ2v) is 7.81. The molecular weight excluding hydrogens is 360 g/mol. The van der Waals surface area contributed by atoms with E-state index in [0.717, 1.165) is 43.5 Å². The molecule has 0 unspecified atom stereocenters. The third kappa shape index (κ3) is 4.32. The normalized spacial score (nSPS) is 15.8. The van der Waals surface area contributed by atoms with Gasteiger partial charge in [0.2, 0.25) is 5.91 Å². The van der Waals surface area contributed by atoms with E-state index >= 15 is 0 Å². The number of carbonyl (C=O) groups is 2. The number of nitrogens with zero attached hydrogens (tertiary/aromatic N) is 1. The van der Waals surface area contributed by atoms with E-state index in [2.05, 4.69) is 40.5 Å². The van der Waals surface area contributed by atoms with Crippen molar-refractivity contribution in [3.8, 4) is 0 Å². The van der Waals surface area contributed by atoms with Gasteiger partial charge in [0, 0.05) is 30.3 Å². The van der Waals surface area contributed by atoms with Gasteiger partial charge in [0.25, 0.3) is 0 Å². The Morgan fingerprint density at radius 2 is 1.69 bits per heavy atom. The molecule has 0 aliphatic carbocycles. The number of carbonyl (C=O) groups excluding carboxylic acids is 2. The van der Waals surface area contributed by atoms with Gasteiger partial charge in [0.05, 0.1) is 6.04 Å². The first-order valence-corrected chi connectivity index (χ1v) is 10.2. The zero-order valence-corrected chi connectivity index (χ0v) is 16.7. The van der Waals surface area contributed by atoms with E-state index in [1.807, 2.05) is 43.3 Å². The lowest BCUT2D eigenvalue weighted by Gasteiger charge is -2.33. The van der Waals surface area contributed by atoms with Crippen molar-refractivity contribution >= 4 is 28.7 Å². The lowest BCUT2D eigenvalue weighted by atomic mass is 9.94. The summed E-state index contributed by atoms with van der Waals surface area (Å²) in [6, 6.07) is 22.3. The second-order valence-electron chi connectivity index (χ2n) is 7.81. The average Bonchev–Trinajstić information content (AvgIpc) is 2.79. The van der Waals surface area contributed by atoms with E-state index in [1.54, 1.807) is 0 Å². The van der Waals surface area contributed by atoms with E-state index in [1.165, 1.54) is 10.8 Å². The molecule has 4 nitrogen and oxygen atoms in total. The van der Waals surface area contributed by atoms with Crippen molar-refractivity contribution in [2.75, 3.05) is 18.0 Å². The summed E-state index contributed by atoms with van der Waals surface area (Å²) in [4.78, 5) is 25.9. The maximum Gasteiger partial charge on any atom is 0.223 e. The summed E-state index contributed by atoms with van der Waals surface area (Å²) in [6.45, 7) is 3.75. The van der Waals surface area contributed by atoms with E-state index < -0.39 is 0 Å². The minimum atomic E-state index is -0.0129. The van der Waals surface area contributed by atoms with Gasteiger partial charge in [-0.05, 0) is 66.4 Å². The molecule has 4 rings (SSSR count). The molecule has 4 heteroatoms. The van der Waals surface area contributed by atoms with Gasteiger partial charge in [-0.25, -0.2) is 0 Å². The molecule has 0 saturated carbocycles. The zero-order chi connectivity index (χ0) is 20.2. The fourth-order valence-electron chi connectivity index (χ4n) is 4.06. The number of hydrogen-bond donors (Lipinski definition) is 1. The summed E-state index contributed by atoms with van der Waals surface area (Å²) >= 11 is 0. The molecule has 0 bridgehead atoms. The van der Waals surface area contributed by atoms with E-state index in [0.29, 0.717) is 5.56 Å². The van der Waals surface area contributed by atoms with Crippen molar-refractivity contribution in [2.45, 2.75) is 25.8 Å². The van der Waals surface area contributed by atoms with Crippen molar-refractivity contribution in [1.82, 2.24) is 5.32 Å². The van der Waals surface area contributed by atoms with Gasteiger partial charge in [0.15, 0.2) is 0 Å². The molecule has 1 amide bonds. The van der Waals surface area contributed by atoms with Crippen LogP contribution in [0.4, 0.5) is 5.69 Å². The summed E-state index contributed by atoms with van der Waals surface area (Å²) in [5.41, 5.74) is 2.93.